The SMILES string of the molecule is OCCNC1CCN(c2ccc(Cl)cc2)CC1. The average molecular weight is 255 g/mol. The summed E-state index contributed by atoms with van der Waals surface area (Å²) < 4.78 is 0. The van der Waals surface area contributed by atoms with Crippen LogP contribution in [0.5, 0.6) is 0 Å². The standard InChI is InChI=1S/C13H19ClN2O/c14-11-1-3-13(4-2-11)16-8-5-12(6-9-16)15-7-10-17/h1-4,12,15,17H,5-10H2. The van der Waals surface area contributed by atoms with E-state index in [4.69, 9.17) is 16.7 Å². The second-order valence-corrected chi connectivity index (χ2v) is 4.85. The number of hydrogen-bond acceptors (Lipinski definition) is 3. The number of rotatable bonds is 4. The van der Waals surface area contributed by atoms with Crippen molar-refractivity contribution in [2.24, 2.45) is 0 Å². The zero-order valence-corrected chi connectivity index (χ0v) is 10.7. The lowest BCUT2D eigenvalue weighted by molar-refractivity contribution is 0.277. The van der Waals surface area contributed by atoms with Gasteiger partial charge in [-0.15, -0.1) is 0 Å². The van der Waals surface area contributed by atoms with Gasteiger partial charge in [-0.2, -0.15) is 0 Å². The van der Waals surface area contributed by atoms with Crippen molar-refractivity contribution in [3.8, 4) is 0 Å². The Morgan fingerprint density at radius 2 is 1.88 bits per heavy atom. The Kier molecular flexibility index (Phi) is 4.66. The van der Waals surface area contributed by atoms with Gasteiger partial charge in [-0.1, -0.05) is 11.6 Å². The number of benzene rings is 1. The monoisotopic (exact) mass is 254 g/mol. The highest BCUT2D eigenvalue weighted by molar-refractivity contribution is 6.30. The molecule has 4 heteroatoms. The number of nitrogens with zero attached hydrogens (tertiary/aromatic N) is 1. The molecule has 17 heavy (non-hydrogen) atoms. The molecule has 0 spiro atoms. The van der Waals surface area contributed by atoms with Gasteiger partial charge in [0.2, 0.25) is 0 Å². The van der Waals surface area contributed by atoms with Crippen LogP contribution in [-0.2, 0) is 0 Å². The summed E-state index contributed by atoms with van der Waals surface area (Å²) in [4.78, 5) is 2.38. The first-order valence-corrected chi connectivity index (χ1v) is 6.52. The van der Waals surface area contributed by atoms with E-state index in [1.165, 1.54) is 5.69 Å². The number of aliphatic hydroxyl groups excluding tert-OH is 1. The second kappa shape index (κ2) is 6.24. The molecule has 0 bridgehead atoms. The molecular weight excluding hydrogens is 236 g/mol. The average Bonchev–Trinajstić information content (AvgIpc) is 2.38. The summed E-state index contributed by atoms with van der Waals surface area (Å²) in [7, 11) is 0. The van der Waals surface area contributed by atoms with Crippen molar-refractivity contribution in [1.29, 1.82) is 0 Å². The molecule has 1 aromatic rings. The van der Waals surface area contributed by atoms with Crippen LogP contribution in [0.15, 0.2) is 24.3 Å². The smallest absolute Gasteiger partial charge is 0.0556 e. The largest absolute Gasteiger partial charge is 0.395 e. The van der Waals surface area contributed by atoms with Gasteiger partial charge in [-0.3, -0.25) is 0 Å². The first-order chi connectivity index (χ1) is 8.29. The Labute approximate surface area is 107 Å². The molecule has 94 valence electrons. The Bertz CT molecular complexity index is 334. The molecule has 0 saturated carbocycles. The number of hydrogen-bond donors (Lipinski definition) is 2. The minimum absolute atomic E-state index is 0.220. The van der Waals surface area contributed by atoms with Crippen LogP contribution in [0.4, 0.5) is 5.69 Å². The van der Waals surface area contributed by atoms with Crippen molar-refractivity contribution in [3.63, 3.8) is 0 Å². The third-order valence-electron chi connectivity index (χ3n) is 3.23. The number of nitrogens with one attached hydrogen (secondary N) is 1. The Balaban J connectivity index is 1.84. The highest BCUT2D eigenvalue weighted by Gasteiger charge is 2.18. The fourth-order valence-electron chi connectivity index (χ4n) is 2.26. The van der Waals surface area contributed by atoms with Gasteiger partial charge in [0.1, 0.15) is 0 Å². The van der Waals surface area contributed by atoms with E-state index in [1.807, 2.05) is 12.1 Å². The van der Waals surface area contributed by atoms with E-state index in [-0.39, 0.29) is 6.61 Å². The molecule has 1 heterocycles. The maximum atomic E-state index is 8.77. The van der Waals surface area contributed by atoms with Crippen LogP contribution < -0.4 is 10.2 Å². The van der Waals surface area contributed by atoms with E-state index in [0.717, 1.165) is 31.0 Å². The highest BCUT2D eigenvalue weighted by Crippen LogP contribution is 2.21. The summed E-state index contributed by atoms with van der Waals surface area (Å²) >= 11 is 5.88. The Morgan fingerprint density at radius 3 is 2.47 bits per heavy atom. The molecule has 3 nitrogen and oxygen atoms in total. The van der Waals surface area contributed by atoms with Crippen LogP contribution in [0.1, 0.15) is 12.8 Å². The molecule has 2 N–H and O–H groups in total. The van der Waals surface area contributed by atoms with E-state index in [0.29, 0.717) is 12.6 Å². The number of halogens is 1. The Morgan fingerprint density at radius 1 is 1.24 bits per heavy atom. The van der Waals surface area contributed by atoms with Gasteiger partial charge in [-0.05, 0) is 37.1 Å². The fourth-order valence-corrected chi connectivity index (χ4v) is 2.39. The molecule has 0 atom stereocenters. The first kappa shape index (κ1) is 12.7. The summed E-state index contributed by atoms with van der Waals surface area (Å²) in [6, 6.07) is 8.57. The summed E-state index contributed by atoms with van der Waals surface area (Å²) in [6.45, 7) is 3.04. The highest BCUT2D eigenvalue weighted by atomic mass is 35.5. The van der Waals surface area contributed by atoms with E-state index in [2.05, 4.69) is 22.3 Å². The topological polar surface area (TPSA) is 35.5 Å². The number of piperidine rings is 1. The Hall–Kier alpha value is -0.770. The van der Waals surface area contributed by atoms with Crippen molar-refractivity contribution >= 4 is 17.3 Å². The van der Waals surface area contributed by atoms with Gasteiger partial charge < -0.3 is 15.3 Å². The van der Waals surface area contributed by atoms with Crippen molar-refractivity contribution in [2.75, 3.05) is 31.1 Å². The van der Waals surface area contributed by atoms with Gasteiger partial charge >= 0.3 is 0 Å². The van der Waals surface area contributed by atoms with Crippen molar-refractivity contribution in [1.82, 2.24) is 5.32 Å². The van der Waals surface area contributed by atoms with Crippen LogP contribution in [0, 0.1) is 0 Å². The normalized spacial score (nSPS) is 17.4. The van der Waals surface area contributed by atoms with E-state index in [9.17, 15) is 0 Å². The quantitative estimate of drug-likeness (QED) is 0.862. The molecule has 0 aromatic heterocycles. The zero-order valence-electron chi connectivity index (χ0n) is 9.90. The van der Waals surface area contributed by atoms with Gasteiger partial charge in [0.05, 0.1) is 6.61 Å². The molecule has 1 saturated heterocycles. The van der Waals surface area contributed by atoms with E-state index in [1.54, 1.807) is 0 Å². The molecular formula is C13H19ClN2O. The minimum Gasteiger partial charge on any atom is -0.395 e. The molecule has 1 aliphatic heterocycles. The van der Waals surface area contributed by atoms with Gasteiger partial charge in [-0.25, -0.2) is 0 Å². The third-order valence-corrected chi connectivity index (χ3v) is 3.48. The van der Waals surface area contributed by atoms with Crippen LogP contribution in [0.2, 0.25) is 5.02 Å². The lowest BCUT2D eigenvalue weighted by Crippen LogP contribution is -2.43. The molecule has 1 aromatic carbocycles. The van der Waals surface area contributed by atoms with Gasteiger partial charge in [0, 0.05) is 36.4 Å². The van der Waals surface area contributed by atoms with Crippen LogP contribution in [0.3, 0.4) is 0 Å². The minimum atomic E-state index is 0.220. The molecule has 0 unspecified atom stereocenters. The molecule has 2 rings (SSSR count). The summed E-state index contributed by atoms with van der Waals surface area (Å²) in [5.41, 5.74) is 1.25. The van der Waals surface area contributed by atoms with Gasteiger partial charge in [0.25, 0.3) is 0 Å². The van der Waals surface area contributed by atoms with Crippen molar-refractivity contribution in [2.45, 2.75) is 18.9 Å². The maximum absolute atomic E-state index is 8.77. The second-order valence-electron chi connectivity index (χ2n) is 4.42. The van der Waals surface area contributed by atoms with Crippen molar-refractivity contribution < 1.29 is 5.11 Å². The van der Waals surface area contributed by atoms with Gasteiger partial charge in [0.15, 0.2) is 0 Å². The van der Waals surface area contributed by atoms with Crippen LogP contribution in [0.25, 0.3) is 0 Å². The third kappa shape index (κ3) is 3.60. The molecule has 0 radical (unpaired) electrons. The first-order valence-electron chi connectivity index (χ1n) is 6.14. The van der Waals surface area contributed by atoms with Crippen molar-refractivity contribution in [3.05, 3.63) is 29.3 Å². The summed E-state index contributed by atoms with van der Waals surface area (Å²) in [5.74, 6) is 0. The predicted molar refractivity (Wildman–Crippen MR) is 71.8 cm³/mol. The van der Waals surface area contributed by atoms with E-state index < -0.39 is 0 Å². The fraction of sp³-hybridized carbons (Fsp3) is 0.538. The molecule has 1 aliphatic rings. The summed E-state index contributed by atoms with van der Waals surface area (Å²) in [5, 5.41) is 12.9. The maximum Gasteiger partial charge on any atom is 0.0556 e. The number of anilines is 1. The molecule has 0 aliphatic carbocycles. The summed E-state index contributed by atoms with van der Waals surface area (Å²) in [6.07, 6.45) is 2.26. The van der Waals surface area contributed by atoms with Crippen LogP contribution >= 0.6 is 11.6 Å². The zero-order chi connectivity index (χ0) is 12.1. The van der Waals surface area contributed by atoms with Crippen LogP contribution in [-0.4, -0.2) is 37.4 Å². The lowest BCUT2D eigenvalue weighted by Gasteiger charge is -2.34. The predicted octanol–water partition coefficient (Wildman–Crippen LogP) is 1.89. The molecule has 1 fully saturated rings. The lowest BCUT2D eigenvalue weighted by atomic mass is 10.0. The van der Waals surface area contributed by atoms with E-state index >= 15 is 0 Å². The number of aliphatic hydroxyl groups is 1. The molecule has 0 amide bonds.